The normalized spacial score (nSPS) is 17.3. The van der Waals surface area contributed by atoms with Crippen LogP contribution < -0.4 is 14.9 Å². The Morgan fingerprint density at radius 2 is 1.74 bits per heavy atom. The monoisotopic (exact) mass is 899 g/mol. The summed E-state index contributed by atoms with van der Waals surface area (Å²) in [6.07, 6.45) is -1.49. The lowest BCUT2D eigenvalue weighted by Gasteiger charge is -2.23. The first-order chi connectivity index (χ1) is 29.2. The Kier molecular flexibility index (Phi) is 9.57. The predicted molar refractivity (Wildman–Crippen MR) is 214 cm³/mol. The van der Waals surface area contributed by atoms with Crippen molar-refractivity contribution in [3.63, 3.8) is 0 Å². The maximum atomic E-state index is 15.5. The number of nitrogens with one attached hydrogen (secondary N) is 2. The molecule has 1 amide bonds. The van der Waals surface area contributed by atoms with Gasteiger partial charge in [-0.2, -0.15) is 32.1 Å². The van der Waals surface area contributed by atoms with Crippen molar-refractivity contribution in [1.82, 2.24) is 44.8 Å². The maximum Gasteiger partial charge on any atom is 0.435 e. The number of para-hydroxylation sites is 1. The van der Waals surface area contributed by atoms with E-state index in [2.05, 4.69) is 30.2 Å². The number of benzene rings is 2. The van der Waals surface area contributed by atoms with Crippen LogP contribution >= 0.6 is 11.3 Å². The van der Waals surface area contributed by atoms with Gasteiger partial charge in [0.2, 0.25) is 21.9 Å². The number of fused-ring (bicyclic) bond motifs is 5. The standard InChI is InChI=1S/C39H32F7N11O3S2/c1-55(2)37-47-14-18(15-48-37)36-51-35-27(61-36)13-23(21-6-5-7-22-31(21)56(3)53-34(22)54-62(4,59)60)30(50-35)26(10-17-8-19(40)11-20(41)9-17)49-28(58)16-57-33-29(32(52-57)39(44,45)46)24-12-25(24)38(33,42)43/h5-9,11,13-15,24-26H,10,12,16H2,1-4H3,(H,49,58)(H,53,54)/t24-,25+,26-/m0/s1. The van der Waals surface area contributed by atoms with Gasteiger partial charge in [-0.15, -0.1) is 11.3 Å². The van der Waals surface area contributed by atoms with E-state index in [1.165, 1.54) is 16.0 Å². The lowest BCUT2D eigenvalue weighted by atomic mass is 9.94. The van der Waals surface area contributed by atoms with Crippen molar-refractivity contribution in [2.45, 2.75) is 43.4 Å². The number of nitrogens with zero attached hydrogens (tertiary/aromatic N) is 9. The average molecular weight is 900 g/mol. The summed E-state index contributed by atoms with van der Waals surface area (Å²) in [6.45, 7) is -1.07. The van der Waals surface area contributed by atoms with Gasteiger partial charge in [-0.05, 0) is 48.6 Å². The molecule has 7 aromatic rings. The van der Waals surface area contributed by atoms with Crippen LogP contribution in [-0.2, 0) is 46.9 Å². The summed E-state index contributed by atoms with van der Waals surface area (Å²) in [5.74, 6) is -8.59. The molecule has 0 radical (unpaired) electrons. The summed E-state index contributed by atoms with van der Waals surface area (Å²) in [6, 6.07) is 7.96. The van der Waals surface area contributed by atoms with Gasteiger partial charge in [-0.3, -0.25) is 18.9 Å². The van der Waals surface area contributed by atoms with Crippen molar-refractivity contribution in [2.24, 2.45) is 13.0 Å². The Labute approximate surface area is 350 Å². The number of amides is 1. The van der Waals surface area contributed by atoms with Crippen LogP contribution in [0.15, 0.2) is 54.9 Å². The van der Waals surface area contributed by atoms with Crippen LogP contribution in [0.3, 0.4) is 0 Å². The number of rotatable bonds is 11. The highest BCUT2D eigenvalue weighted by Gasteiger charge is 2.68. The third kappa shape index (κ3) is 7.35. The van der Waals surface area contributed by atoms with Gasteiger partial charge in [0, 0.05) is 73.2 Å². The molecule has 1 saturated carbocycles. The molecule has 0 saturated heterocycles. The van der Waals surface area contributed by atoms with E-state index in [0.29, 0.717) is 54.0 Å². The minimum Gasteiger partial charge on any atom is -0.347 e. The highest BCUT2D eigenvalue weighted by Crippen LogP contribution is 2.68. The lowest BCUT2D eigenvalue weighted by molar-refractivity contribution is -0.142. The molecule has 0 spiro atoms. The van der Waals surface area contributed by atoms with Crippen LogP contribution in [0.4, 0.5) is 42.5 Å². The molecule has 5 heterocycles. The van der Waals surface area contributed by atoms with Gasteiger partial charge < -0.3 is 10.2 Å². The number of alkyl halides is 5. The average Bonchev–Trinajstić information content (AvgIpc) is 3.44. The minimum absolute atomic E-state index is 0.00296. The Balaban J connectivity index is 1.21. The third-order valence-electron chi connectivity index (χ3n) is 10.7. The number of aromatic nitrogens is 8. The molecule has 5 aromatic heterocycles. The highest BCUT2D eigenvalue weighted by molar-refractivity contribution is 7.92. The summed E-state index contributed by atoms with van der Waals surface area (Å²) < 4.78 is 132. The van der Waals surface area contributed by atoms with E-state index in [-0.39, 0.29) is 35.6 Å². The Morgan fingerprint density at radius 3 is 2.40 bits per heavy atom. The largest absolute Gasteiger partial charge is 0.435 e. The highest BCUT2D eigenvalue weighted by atomic mass is 32.2. The minimum atomic E-state index is -5.08. The summed E-state index contributed by atoms with van der Waals surface area (Å²) >= 11 is 1.22. The van der Waals surface area contributed by atoms with Crippen LogP contribution in [0, 0.1) is 17.6 Å². The van der Waals surface area contributed by atoms with E-state index < -0.39 is 81.0 Å². The summed E-state index contributed by atoms with van der Waals surface area (Å²) in [5, 5.41) is 11.4. The summed E-state index contributed by atoms with van der Waals surface area (Å²) in [5.41, 5.74) is -1.23. The van der Waals surface area contributed by atoms with Gasteiger partial charge in [-0.25, -0.2) is 37.1 Å². The number of pyridine rings is 1. The van der Waals surface area contributed by atoms with Crippen molar-refractivity contribution in [3.8, 4) is 21.7 Å². The smallest absolute Gasteiger partial charge is 0.347 e. The predicted octanol–water partition coefficient (Wildman–Crippen LogP) is 6.94. The number of carbonyl (C=O) groups is 1. The zero-order valence-electron chi connectivity index (χ0n) is 32.8. The topological polar surface area (TPSA) is 166 Å². The van der Waals surface area contributed by atoms with Gasteiger partial charge in [0.25, 0.3) is 5.92 Å². The Hall–Kier alpha value is -6.23. The summed E-state index contributed by atoms with van der Waals surface area (Å²) in [4.78, 5) is 34.1. The van der Waals surface area contributed by atoms with Crippen LogP contribution in [0.2, 0.25) is 0 Å². The van der Waals surface area contributed by atoms with E-state index in [9.17, 15) is 35.2 Å². The zero-order valence-corrected chi connectivity index (χ0v) is 34.4. The molecule has 322 valence electrons. The first-order valence-corrected chi connectivity index (χ1v) is 21.4. The molecule has 14 nitrogen and oxygen atoms in total. The molecule has 2 aromatic carbocycles. The molecular weight excluding hydrogens is 868 g/mol. The third-order valence-corrected chi connectivity index (χ3v) is 12.3. The summed E-state index contributed by atoms with van der Waals surface area (Å²) in [7, 11) is 1.32. The van der Waals surface area contributed by atoms with Gasteiger partial charge in [-0.1, -0.05) is 12.1 Å². The molecule has 0 aliphatic heterocycles. The molecule has 2 N–H and O–H groups in total. The van der Waals surface area contributed by atoms with Gasteiger partial charge >= 0.3 is 6.18 Å². The fraction of sp³-hybridized carbons (Fsp3) is 0.308. The second kappa shape index (κ2) is 14.4. The number of anilines is 2. The molecule has 2 aliphatic carbocycles. The number of halogens is 7. The van der Waals surface area contributed by atoms with Gasteiger partial charge in [0.1, 0.15) is 28.9 Å². The van der Waals surface area contributed by atoms with Crippen molar-refractivity contribution in [3.05, 3.63) is 94.7 Å². The van der Waals surface area contributed by atoms with Crippen molar-refractivity contribution < 1.29 is 43.9 Å². The number of aryl methyl sites for hydroxylation is 1. The lowest BCUT2D eigenvalue weighted by Crippen LogP contribution is -2.35. The fourth-order valence-corrected chi connectivity index (χ4v) is 9.52. The van der Waals surface area contributed by atoms with Crippen molar-refractivity contribution >= 4 is 60.3 Å². The van der Waals surface area contributed by atoms with Crippen molar-refractivity contribution in [1.29, 1.82) is 0 Å². The molecule has 1 fully saturated rings. The number of sulfonamides is 1. The van der Waals surface area contributed by atoms with Crippen LogP contribution in [-0.4, -0.2) is 74.2 Å². The first-order valence-electron chi connectivity index (χ1n) is 18.7. The molecule has 3 atom stereocenters. The van der Waals surface area contributed by atoms with Crippen LogP contribution in [0.1, 0.15) is 46.6 Å². The fourth-order valence-electron chi connectivity index (χ4n) is 8.10. The Morgan fingerprint density at radius 1 is 1.03 bits per heavy atom. The maximum absolute atomic E-state index is 15.5. The second-order valence-electron chi connectivity index (χ2n) is 15.4. The van der Waals surface area contributed by atoms with Crippen LogP contribution in [0.25, 0.3) is 42.9 Å². The second-order valence-corrected chi connectivity index (χ2v) is 18.2. The van der Waals surface area contributed by atoms with E-state index in [0.717, 1.165) is 18.4 Å². The molecule has 62 heavy (non-hydrogen) atoms. The van der Waals surface area contributed by atoms with Crippen LogP contribution in [0.5, 0.6) is 0 Å². The molecule has 0 unspecified atom stereocenters. The first kappa shape index (κ1) is 41.1. The number of hydrogen-bond donors (Lipinski definition) is 2. The SMILES string of the molecule is CN(C)c1ncc(-c2nc3nc([C@H](Cc4cc(F)cc(F)c4)NC(=O)Cn4nc(C(F)(F)F)c5c4C(F)(F)[C@@H]4C[C@H]54)c(-c4cccc5c(NS(C)(=O)=O)nn(C)c45)cc3s2)cn1. The van der Waals surface area contributed by atoms with E-state index >= 15 is 8.78 Å². The number of carbonyl (C=O) groups excluding carboxylic acids is 1. The van der Waals surface area contributed by atoms with Crippen molar-refractivity contribution in [2.75, 3.05) is 30.0 Å². The van der Waals surface area contributed by atoms with Gasteiger partial charge in [0.15, 0.2) is 17.2 Å². The molecule has 23 heteroatoms. The number of thiazole rings is 1. The molecule has 2 aliphatic rings. The van der Waals surface area contributed by atoms with E-state index in [1.54, 1.807) is 62.7 Å². The van der Waals surface area contributed by atoms with E-state index in [4.69, 9.17) is 9.97 Å². The zero-order chi connectivity index (χ0) is 44.2. The van der Waals surface area contributed by atoms with Gasteiger partial charge in [0.05, 0.1) is 28.2 Å². The van der Waals surface area contributed by atoms with E-state index in [1.807, 2.05) is 0 Å². The quantitative estimate of drug-likeness (QED) is 0.130. The molecular formula is C39H32F7N11O3S2. The molecule has 9 rings (SSSR count). The Bertz CT molecular complexity index is 3060. The number of hydrogen-bond acceptors (Lipinski definition) is 11. The molecule has 0 bridgehead atoms.